The Bertz CT molecular complexity index is 1450. The van der Waals surface area contributed by atoms with Crippen molar-refractivity contribution < 1.29 is 23.5 Å². The zero-order valence-electron chi connectivity index (χ0n) is 28.2. The Hall–Kier alpha value is -3.84. The maximum absolute atomic E-state index is 15.3. The fraction of sp³-hybridized carbons (Fsp3) is 0.618. The first-order chi connectivity index (χ1) is 22.3. The lowest BCUT2D eigenvalue weighted by molar-refractivity contribution is -0.156. The maximum atomic E-state index is 15.3. The molecule has 0 bridgehead atoms. The predicted molar refractivity (Wildman–Crippen MR) is 179 cm³/mol. The van der Waals surface area contributed by atoms with Crippen LogP contribution in [-0.4, -0.2) is 89.1 Å². The van der Waals surface area contributed by atoms with Crippen LogP contribution in [0.25, 0.3) is 0 Å². The van der Waals surface area contributed by atoms with Crippen LogP contribution < -0.4 is 26.2 Å². The van der Waals surface area contributed by atoms with Gasteiger partial charge in [-0.1, -0.05) is 19.8 Å². The van der Waals surface area contributed by atoms with Gasteiger partial charge in [0.25, 0.3) is 5.91 Å². The van der Waals surface area contributed by atoms with Crippen molar-refractivity contribution in [2.75, 3.05) is 41.8 Å². The normalized spacial score (nSPS) is 20.2. The average molecular weight is 653 g/mol. The molecular weight excluding hydrogens is 603 g/mol. The van der Waals surface area contributed by atoms with Gasteiger partial charge in [-0.25, -0.2) is 9.37 Å². The zero-order valence-corrected chi connectivity index (χ0v) is 28.2. The number of nitrogens with zero attached hydrogens (tertiary/aromatic N) is 5. The molecular formula is C34H49FN8O4. The van der Waals surface area contributed by atoms with Gasteiger partial charge >= 0.3 is 5.97 Å². The van der Waals surface area contributed by atoms with Crippen molar-refractivity contribution in [3.05, 3.63) is 35.8 Å². The summed E-state index contributed by atoms with van der Waals surface area (Å²) < 4.78 is 20.7. The third-order valence-corrected chi connectivity index (χ3v) is 9.28. The number of carbonyl (C=O) groups is 3. The van der Waals surface area contributed by atoms with E-state index in [2.05, 4.69) is 25.4 Å². The summed E-state index contributed by atoms with van der Waals surface area (Å²) in [5, 5.41) is 6.01. The topological polar surface area (TPSA) is 146 Å². The molecule has 4 N–H and O–H groups in total. The van der Waals surface area contributed by atoms with Gasteiger partial charge in [0.2, 0.25) is 11.9 Å². The number of rotatable bonds is 10. The number of likely N-dealkylation sites (tertiary alicyclic amines) is 1. The number of nitrogens with two attached hydrogens (primary N) is 1. The smallest absolute Gasteiger partial charge is 0.323 e. The number of carbonyl (C=O) groups excluding carboxylic acids is 3. The molecule has 2 amide bonds. The van der Waals surface area contributed by atoms with Gasteiger partial charge in [0.15, 0.2) is 5.82 Å². The summed E-state index contributed by atoms with van der Waals surface area (Å²) in [6.45, 7) is 9.63. The van der Waals surface area contributed by atoms with Crippen LogP contribution in [0.3, 0.4) is 0 Å². The summed E-state index contributed by atoms with van der Waals surface area (Å²) in [5.74, 6) is -0.402. The molecule has 47 heavy (non-hydrogen) atoms. The van der Waals surface area contributed by atoms with Crippen LogP contribution in [0, 0.1) is 5.82 Å². The number of piperidine rings is 1. The van der Waals surface area contributed by atoms with E-state index in [9.17, 15) is 14.4 Å². The lowest BCUT2D eigenvalue weighted by atomic mass is 10.0. The number of benzene rings is 1. The summed E-state index contributed by atoms with van der Waals surface area (Å²) >= 11 is 0. The fourth-order valence-corrected chi connectivity index (χ4v) is 6.71. The van der Waals surface area contributed by atoms with Crippen LogP contribution >= 0.6 is 0 Å². The highest BCUT2D eigenvalue weighted by molar-refractivity contribution is 6.04. The van der Waals surface area contributed by atoms with Crippen molar-refractivity contribution in [2.24, 2.45) is 5.73 Å². The number of aromatic nitrogens is 2. The Labute approximate surface area is 276 Å². The number of fused-ring (bicyclic) bond motifs is 1. The number of ether oxygens (including phenoxy) is 1. The molecule has 1 aromatic heterocycles. The number of esters is 1. The number of nitrogens with one attached hydrogen (secondary N) is 2. The summed E-state index contributed by atoms with van der Waals surface area (Å²) in [4.78, 5) is 53.5. The molecule has 5 rings (SSSR count). The van der Waals surface area contributed by atoms with Crippen LogP contribution in [-0.2, 0) is 14.3 Å². The number of amides is 2. The van der Waals surface area contributed by atoms with Crippen LogP contribution in [0.1, 0.15) is 89.4 Å². The van der Waals surface area contributed by atoms with E-state index >= 15 is 4.39 Å². The SMILES string of the molecule is CC[C@@H]1C(=O)N(C)c2cnc(Nc3ccc(C(=O)NC4CCN(CC[C@H](N)C(=O)OC(C)(C)C)CC4)cc3F)nc2N1C1CCCC1. The van der Waals surface area contributed by atoms with E-state index < -0.39 is 23.4 Å². The quantitative estimate of drug-likeness (QED) is 0.321. The highest BCUT2D eigenvalue weighted by Crippen LogP contribution is 2.40. The van der Waals surface area contributed by atoms with Gasteiger partial charge < -0.3 is 35.8 Å². The third-order valence-electron chi connectivity index (χ3n) is 9.28. The van der Waals surface area contributed by atoms with E-state index in [1.165, 1.54) is 12.1 Å². The standard InChI is InChI=1S/C34H49FN8O4/c1-6-27-31(45)41(5)28-20-37-33(40-29(28)43(27)23-9-7-8-10-23)39-26-12-11-21(19-24(26)35)30(44)38-22-13-16-42(17-14-22)18-15-25(36)32(46)47-34(2,3)4/h11-12,19-20,22-23,25,27H,6-10,13-18,36H2,1-5H3,(H,38,44)(H,37,39,40)/t25-,27+/m0/s1. The highest BCUT2D eigenvalue weighted by Gasteiger charge is 2.41. The number of hydrogen-bond donors (Lipinski definition) is 3. The van der Waals surface area contributed by atoms with Gasteiger partial charge in [-0.05, 0) is 77.5 Å². The molecule has 2 fully saturated rings. The lowest BCUT2D eigenvalue weighted by Crippen LogP contribution is -2.55. The molecule has 256 valence electrons. The van der Waals surface area contributed by atoms with Crippen LogP contribution in [0.5, 0.6) is 0 Å². The molecule has 2 aliphatic heterocycles. The molecule has 12 nitrogen and oxygen atoms in total. The molecule has 0 radical (unpaired) electrons. The molecule has 1 aromatic carbocycles. The minimum Gasteiger partial charge on any atom is -0.459 e. The van der Waals surface area contributed by atoms with E-state index in [1.54, 1.807) is 24.2 Å². The van der Waals surface area contributed by atoms with Crippen LogP contribution in [0.15, 0.2) is 24.4 Å². The number of halogens is 1. The van der Waals surface area contributed by atoms with Crippen LogP contribution in [0.4, 0.5) is 27.5 Å². The Morgan fingerprint density at radius 2 is 1.85 bits per heavy atom. The van der Waals surface area contributed by atoms with Crippen molar-refractivity contribution in [2.45, 2.75) is 109 Å². The maximum Gasteiger partial charge on any atom is 0.323 e. The summed E-state index contributed by atoms with van der Waals surface area (Å²) in [6.07, 6.45) is 8.48. The van der Waals surface area contributed by atoms with Crippen molar-refractivity contribution in [1.82, 2.24) is 20.2 Å². The Morgan fingerprint density at radius 3 is 2.49 bits per heavy atom. The molecule has 2 aromatic rings. The second kappa shape index (κ2) is 14.5. The highest BCUT2D eigenvalue weighted by atomic mass is 19.1. The number of anilines is 4. The number of likely N-dealkylation sites (N-methyl/N-ethyl adjacent to an activating group) is 1. The molecule has 2 atom stereocenters. The number of hydrogen-bond acceptors (Lipinski definition) is 10. The Balaban J connectivity index is 1.16. The molecule has 0 unspecified atom stereocenters. The first-order valence-electron chi connectivity index (χ1n) is 16.9. The first kappa shape index (κ1) is 34.5. The van der Waals surface area contributed by atoms with E-state index in [1.807, 2.05) is 27.7 Å². The second-order valence-corrected chi connectivity index (χ2v) is 13.9. The van der Waals surface area contributed by atoms with Gasteiger partial charge in [0, 0.05) is 44.3 Å². The molecule has 13 heteroatoms. The molecule has 1 aliphatic carbocycles. The van der Waals surface area contributed by atoms with Crippen molar-refractivity contribution in [1.29, 1.82) is 0 Å². The monoisotopic (exact) mass is 652 g/mol. The summed E-state index contributed by atoms with van der Waals surface area (Å²) in [5.41, 5.74) is 6.47. The minimum absolute atomic E-state index is 0.0294. The molecule has 3 aliphatic rings. The van der Waals surface area contributed by atoms with E-state index in [0.29, 0.717) is 30.9 Å². The third kappa shape index (κ3) is 8.18. The lowest BCUT2D eigenvalue weighted by Gasteiger charge is -2.43. The predicted octanol–water partition coefficient (Wildman–Crippen LogP) is 4.12. The van der Waals surface area contributed by atoms with Gasteiger partial charge in [-0.3, -0.25) is 14.4 Å². The van der Waals surface area contributed by atoms with Crippen molar-refractivity contribution in [3.63, 3.8) is 0 Å². The van der Waals surface area contributed by atoms with Gasteiger partial charge in [-0.15, -0.1) is 0 Å². The second-order valence-electron chi connectivity index (χ2n) is 13.9. The summed E-state index contributed by atoms with van der Waals surface area (Å²) in [6, 6.07) is 3.52. The Morgan fingerprint density at radius 1 is 1.15 bits per heavy atom. The van der Waals surface area contributed by atoms with E-state index in [0.717, 1.165) is 51.6 Å². The molecule has 1 saturated heterocycles. The van der Waals surface area contributed by atoms with Crippen molar-refractivity contribution in [3.8, 4) is 0 Å². The zero-order chi connectivity index (χ0) is 33.9. The van der Waals surface area contributed by atoms with Crippen LogP contribution in [0.2, 0.25) is 0 Å². The van der Waals surface area contributed by atoms with Crippen molar-refractivity contribution >= 4 is 40.9 Å². The van der Waals surface area contributed by atoms with E-state index in [-0.39, 0.29) is 47.1 Å². The molecule has 3 heterocycles. The molecule has 1 saturated carbocycles. The molecule has 0 spiro atoms. The van der Waals surface area contributed by atoms with Gasteiger partial charge in [-0.2, -0.15) is 4.98 Å². The largest absolute Gasteiger partial charge is 0.459 e. The van der Waals surface area contributed by atoms with Gasteiger partial charge in [0.05, 0.1) is 11.9 Å². The first-order valence-corrected chi connectivity index (χ1v) is 16.9. The minimum atomic E-state index is -0.676. The van der Waals surface area contributed by atoms with Gasteiger partial charge in [0.1, 0.15) is 29.2 Å². The Kier molecular flexibility index (Phi) is 10.6. The summed E-state index contributed by atoms with van der Waals surface area (Å²) in [7, 11) is 1.74. The van der Waals surface area contributed by atoms with E-state index in [4.69, 9.17) is 15.5 Å². The average Bonchev–Trinajstić information content (AvgIpc) is 3.57. The fourth-order valence-electron chi connectivity index (χ4n) is 6.71.